The predicted molar refractivity (Wildman–Crippen MR) is 76.2 cm³/mol. The van der Waals surface area contributed by atoms with Crippen molar-refractivity contribution < 1.29 is 27.8 Å². The van der Waals surface area contributed by atoms with Crippen molar-refractivity contribution in [1.82, 2.24) is 10.6 Å². The van der Waals surface area contributed by atoms with Crippen molar-refractivity contribution in [3.8, 4) is 0 Å². The molecule has 1 aliphatic rings. The molecule has 0 spiro atoms. The Kier molecular flexibility index (Phi) is 5.28. The van der Waals surface area contributed by atoms with Gasteiger partial charge in [-0.05, 0) is 6.07 Å². The summed E-state index contributed by atoms with van der Waals surface area (Å²) in [4.78, 5) is 23.8. The molecule has 8 heteroatoms. The van der Waals surface area contributed by atoms with Crippen molar-refractivity contribution >= 4 is 12.0 Å². The highest BCUT2D eigenvalue weighted by atomic mass is 19.1. The van der Waals surface area contributed by atoms with E-state index in [-0.39, 0.29) is 24.5 Å². The van der Waals surface area contributed by atoms with E-state index in [1.807, 2.05) is 0 Å². The summed E-state index contributed by atoms with van der Waals surface area (Å²) in [6.07, 6.45) is 0. The average molecular weight is 326 g/mol. The standard InChI is InChI=1S/C15H16F2N2O4/c1-8-12(14(20)23-6-5-22-2)13(19-15(21)18-8)10-4-3-9(16)7-11(10)17/h3-4,7,12-13H,1,5-6H2,2H3,(H2,18,19,21)/t12-,13+/m0/s1. The molecular weight excluding hydrogens is 310 g/mol. The van der Waals surface area contributed by atoms with Gasteiger partial charge in [-0.2, -0.15) is 0 Å². The fraction of sp³-hybridized carbons (Fsp3) is 0.333. The van der Waals surface area contributed by atoms with Gasteiger partial charge in [-0.1, -0.05) is 12.6 Å². The van der Waals surface area contributed by atoms with Crippen molar-refractivity contribution in [2.24, 2.45) is 5.92 Å². The maximum Gasteiger partial charge on any atom is 0.319 e. The fourth-order valence-electron chi connectivity index (χ4n) is 2.29. The average Bonchev–Trinajstić information content (AvgIpc) is 2.46. The number of esters is 1. The molecule has 0 aliphatic carbocycles. The molecule has 0 bridgehead atoms. The molecule has 23 heavy (non-hydrogen) atoms. The molecule has 2 atom stereocenters. The third-order valence-corrected chi connectivity index (χ3v) is 3.35. The van der Waals surface area contributed by atoms with Crippen LogP contribution in [0.2, 0.25) is 0 Å². The molecule has 0 aromatic heterocycles. The van der Waals surface area contributed by atoms with Gasteiger partial charge in [0.2, 0.25) is 0 Å². The minimum Gasteiger partial charge on any atom is -0.463 e. The molecule has 0 unspecified atom stereocenters. The molecule has 2 N–H and O–H groups in total. The van der Waals surface area contributed by atoms with Gasteiger partial charge in [0.15, 0.2) is 0 Å². The summed E-state index contributed by atoms with van der Waals surface area (Å²) in [7, 11) is 1.45. The number of urea groups is 1. The van der Waals surface area contributed by atoms with Crippen LogP contribution in [-0.4, -0.2) is 32.3 Å². The Morgan fingerprint density at radius 1 is 1.35 bits per heavy atom. The zero-order chi connectivity index (χ0) is 17.0. The quantitative estimate of drug-likeness (QED) is 0.637. The molecule has 0 saturated carbocycles. The molecular formula is C15H16F2N2O4. The summed E-state index contributed by atoms with van der Waals surface area (Å²) in [6.45, 7) is 3.82. The van der Waals surface area contributed by atoms with Crippen molar-refractivity contribution in [1.29, 1.82) is 0 Å². The highest BCUT2D eigenvalue weighted by Crippen LogP contribution is 2.32. The van der Waals surface area contributed by atoms with Gasteiger partial charge in [0.25, 0.3) is 0 Å². The van der Waals surface area contributed by atoms with Gasteiger partial charge in [0.1, 0.15) is 24.2 Å². The van der Waals surface area contributed by atoms with Crippen LogP contribution in [0.5, 0.6) is 0 Å². The first-order valence-corrected chi connectivity index (χ1v) is 6.81. The number of hydrogen-bond acceptors (Lipinski definition) is 4. The van der Waals surface area contributed by atoms with Crippen LogP contribution in [0, 0.1) is 17.6 Å². The predicted octanol–water partition coefficient (Wildman–Crippen LogP) is 1.64. The van der Waals surface area contributed by atoms with Gasteiger partial charge in [0.05, 0.1) is 12.6 Å². The summed E-state index contributed by atoms with van der Waals surface area (Å²) in [5.41, 5.74) is 0.0426. The van der Waals surface area contributed by atoms with E-state index in [4.69, 9.17) is 9.47 Å². The lowest BCUT2D eigenvalue weighted by atomic mass is 9.88. The van der Waals surface area contributed by atoms with Gasteiger partial charge >= 0.3 is 12.0 Å². The summed E-state index contributed by atoms with van der Waals surface area (Å²) in [6, 6.07) is 1.21. The van der Waals surface area contributed by atoms with Gasteiger partial charge in [-0.15, -0.1) is 0 Å². The van der Waals surface area contributed by atoms with Crippen molar-refractivity contribution in [3.63, 3.8) is 0 Å². The normalized spacial score (nSPS) is 20.7. The van der Waals surface area contributed by atoms with E-state index < -0.39 is 35.6 Å². The number of carbonyl (C=O) groups excluding carboxylic acids is 2. The number of rotatable bonds is 5. The van der Waals surface area contributed by atoms with E-state index in [0.29, 0.717) is 6.07 Å². The molecule has 2 amide bonds. The smallest absolute Gasteiger partial charge is 0.319 e. The Labute approximate surface area is 131 Å². The fourth-order valence-corrected chi connectivity index (χ4v) is 2.29. The number of benzene rings is 1. The van der Waals surface area contributed by atoms with Crippen molar-refractivity contribution in [3.05, 3.63) is 47.7 Å². The third kappa shape index (κ3) is 3.84. The second-order valence-electron chi connectivity index (χ2n) is 4.91. The van der Waals surface area contributed by atoms with E-state index >= 15 is 0 Å². The minimum atomic E-state index is -1.05. The highest BCUT2D eigenvalue weighted by Gasteiger charge is 2.40. The summed E-state index contributed by atoms with van der Waals surface area (Å²) < 4.78 is 36.9. The van der Waals surface area contributed by atoms with E-state index in [2.05, 4.69) is 17.2 Å². The van der Waals surface area contributed by atoms with Crippen molar-refractivity contribution in [2.45, 2.75) is 6.04 Å². The topological polar surface area (TPSA) is 76.7 Å². The molecule has 2 rings (SSSR count). The van der Waals surface area contributed by atoms with Crippen LogP contribution in [0.4, 0.5) is 13.6 Å². The third-order valence-electron chi connectivity index (χ3n) is 3.35. The van der Waals surface area contributed by atoms with E-state index in [9.17, 15) is 18.4 Å². The maximum absolute atomic E-state index is 14.0. The van der Waals surface area contributed by atoms with Crippen LogP contribution in [0.15, 0.2) is 30.5 Å². The number of nitrogens with one attached hydrogen (secondary N) is 2. The number of hydrogen-bond donors (Lipinski definition) is 2. The lowest BCUT2D eigenvalue weighted by Gasteiger charge is -2.33. The first kappa shape index (κ1) is 16.9. The number of ether oxygens (including phenoxy) is 2. The van der Waals surface area contributed by atoms with Crippen LogP contribution in [0.3, 0.4) is 0 Å². The SMILES string of the molecule is C=C1NC(=O)N[C@H](c2ccc(F)cc2F)[C@H]1C(=O)OCCOC. The van der Waals surface area contributed by atoms with Gasteiger partial charge in [0, 0.05) is 24.4 Å². The lowest BCUT2D eigenvalue weighted by molar-refractivity contribution is -0.149. The van der Waals surface area contributed by atoms with E-state index in [1.165, 1.54) is 13.2 Å². The molecule has 1 heterocycles. The zero-order valence-electron chi connectivity index (χ0n) is 12.4. The maximum atomic E-state index is 14.0. The monoisotopic (exact) mass is 326 g/mol. The number of halogens is 2. The van der Waals surface area contributed by atoms with E-state index in [1.54, 1.807) is 0 Å². The Hall–Kier alpha value is -2.48. The summed E-state index contributed by atoms with van der Waals surface area (Å²) in [5.74, 6) is -3.39. The Morgan fingerprint density at radius 3 is 2.74 bits per heavy atom. The second kappa shape index (κ2) is 7.19. The molecule has 1 aromatic rings. The van der Waals surface area contributed by atoms with Gasteiger partial charge in [-0.3, -0.25) is 4.79 Å². The van der Waals surface area contributed by atoms with E-state index in [0.717, 1.165) is 6.07 Å². The molecule has 1 saturated heterocycles. The first-order chi connectivity index (χ1) is 10.9. The van der Waals surface area contributed by atoms with Crippen molar-refractivity contribution in [2.75, 3.05) is 20.3 Å². The van der Waals surface area contributed by atoms with Crippen LogP contribution < -0.4 is 10.6 Å². The molecule has 1 fully saturated rings. The molecule has 1 aromatic carbocycles. The minimum absolute atomic E-state index is 0.00563. The number of carbonyl (C=O) groups is 2. The Morgan fingerprint density at radius 2 is 2.09 bits per heavy atom. The van der Waals surface area contributed by atoms with Gasteiger partial charge in [-0.25, -0.2) is 13.6 Å². The number of methoxy groups -OCH3 is 1. The molecule has 124 valence electrons. The van der Waals surface area contributed by atoms with Gasteiger partial charge < -0.3 is 20.1 Å². The van der Waals surface area contributed by atoms with Crippen LogP contribution in [0.1, 0.15) is 11.6 Å². The first-order valence-electron chi connectivity index (χ1n) is 6.81. The number of amides is 2. The molecule has 0 radical (unpaired) electrons. The van der Waals surface area contributed by atoms with Crippen LogP contribution in [0.25, 0.3) is 0 Å². The summed E-state index contributed by atoms with van der Waals surface area (Å²) in [5, 5.41) is 4.80. The lowest BCUT2D eigenvalue weighted by Crippen LogP contribution is -2.51. The zero-order valence-corrected chi connectivity index (χ0v) is 12.4. The molecule has 6 nitrogen and oxygen atoms in total. The summed E-state index contributed by atoms with van der Waals surface area (Å²) >= 11 is 0. The molecule has 1 aliphatic heterocycles. The van der Waals surface area contributed by atoms with Crippen LogP contribution >= 0.6 is 0 Å². The Bertz CT molecular complexity index is 636. The van der Waals surface area contributed by atoms with Crippen LogP contribution in [-0.2, 0) is 14.3 Å². The highest BCUT2D eigenvalue weighted by molar-refractivity contribution is 5.85. The Balaban J connectivity index is 2.29. The second-order valence-corrected chi connectivity index (χ2v) is 4.91. The largest absolute Gasteiger partial charge is 0.463 e.